The van der Waals surface area contributed by atoms with E-state index in [4.69, 9.17) is 4.74 Å². The summed E-state index contributed by atoms with van der Waals surface area (Å²) in [6.07, 6.45) is 2.35. The molecule has 0 atom stereocenters. The van der Waals surface area contributed by atoms with Crippen LogP contribution in [0.3, 0.4) is 0 Å². The molecule has 0 fully saturated rings. The predicted molar refractivity (Wildman–Crippen MR) is 76.6 cm³/mol. The minimum Gasteiger partial charge on any atom is -0.369 e. The van der Waals surface area contributed by atoms with Crippen LogP contribution in [0.25, 0.3) is 0 Å². The third-order valence-electron chi connectivity index (χ3n) is 3.23. The minimum absolute atomic E-state index is 0.0221. The maximum atomic E-state index is 11.6. The summed E-state index contributed by atoms with van der Waals surface area (Å²) >= 11 is 0. The van der Waals surface area contributed by atoms with E-state index in [0.29, 0.717) is 12.0 Å². The van der Waals surface area contributed by atoms with E-state index in [1.165, 1.54) is 0 Å². The zero-order chi connectivity index (χ0) is 14.4. The first-order valence-electron chi connectivity index (χ1n) is 6.96. The van der Waals surface area contributed by atoms with Crippen LogP contribution in [0.2, 0.25) is 0 Å². The summed E-state index contributed by atoms with van der Waals surface area (Å²) in [4.78, 5) is 11.6. The summed E-state index contributed by atoms with van der Waals surface area (Å²) in [6.45, 7) is 15.9. The first kappa shape index (κ1) is 17.4. The molecular weight excluding hydrogens is 226 g/mol. The molecule has 0 saturated heterocycles. The van der Waals surface area contributed by atoms with Gasteiger partial charge in [0.05, 0.1) is 6.10 Å². The van der Waals surface area contributed by atoms with Crippen LogP contribution < -0.4 is 5.32 Å². The number of amides is 1. The highest BCUT2D eigenvalue weighted by molar-refractivity contribution is 5.77. The molecule has 3 heteroatoms. The molecule has 0 heterocycles. The number of nitrogens with one attached hydrogen (secondary N) is 1. The largest absolute Gasteiger partial charge is 0.369 e. The van der Waals surface area contributed by atoms with Crippen LogP contribution in [0.1, 0.15) is 61.3 Å². The molecule has 0 aromatic carbocycles. The Bertz CT molecular complexity index is 257. The maximum absolute atomic E-state index is 11.6. The zero-order valence-corrected chi connectivity index (χ0v) is 13.2. The molecule has 3 nitrogen and oxygen atoms in total. The van der Waals surface area contributed by atoms with Gasteiger partial charge in [0.15, 0.2) is 0 Å². The first-order chi connectivity index (χ1) is 8.08. The molecule has 0 bridgehead atoms. The van der Waals surface area contributed by atoms with Gasteiger partial charge in [-0.05, 0) is 31.1 Å². The van der Waals surface area contributed by atoms with Crippen LogP contribution in [0.4, 0.5) is 0 Å². The van der Waals surface area contributed by atoms with Gasteiger partial charge in [0, 0.05) is 6.54 Å². The van der Waals surface area contributed by atoms with Crippen molar-refractivity contribution in [1.29, 1.82) is 0 Å². The quantitative estimate of drug-likeness (QED) is 0.724. The highest BCUT2D eigenvalue weighted by Crippen LogP contribution is 2.35. The third-order valence-corrected chi connectivity index (χ3v) is 3.23. The van der Waals surface area contributed by atoms with Gasteiger partial charge in [-0.1, -0.05) is 41.0 Å². The second kappa shape index (κ2) is 7.13. The van der Waals surface area contributed by atoms with E-state index in [-0.39, 0.29) is 24.0 Å². The number of ether oxygens (including phenoxy) is 1. The number of hydrogen-bond acceptors (Lipinski definition) is 2. The molecule has 0 aliphatic carbocycles. The van der Waals surface area contributed by atoms with E-state index in [2.05, 4.69) is 39.9 Å². The average Bonchev–Trinajstić information content (AvgIpc) is 2.22. The molecule has 1 amide bonds. The highest BCUT2D eigenvalue weighted by atomic mass is 16.5. The summed E-state index contributed by atoms with van der Waals surface area (Å²) in [7, 11) is 0. The van der Waals surface area contributed by atoms with Gasteiger partial charge in [0.2, 0.25) is 5.91 Å². The monoisotopic (exact) mass is 257 g/mol. The number of carbonyl (C=O) groups is 1. The molecular formula is C15H31NO2. The highest BCUT2D eigenvalue weighted by Gasteiger charge is 2.27. The fourth-order valence-corrected chi connectivity index (χ4v) is 2.11. The zero-order valence-electron chi connectivity index (χ0n) is 13.2. The Kier molecular flexibility index (Phi) is 6.90. The van der Waals surface area contributed by atoms with Crippen molar-refractivity contribution in [2.75, 3.05) is 13.2 Å². The second-order valence-corrected chi connectivity index (χ2v) is 7.00. The molecule has 108 valence electrons. The van der Waals surface area contributed by atoms with Crippen molar-refractivity contribution in [3.05, 3.63) is 0 Å². The summed E-state index contributed by atoms with van der Waals surface area (Å²) in [6, 6.07) is 0. The van der Waals surface area contributed by atoms with Crippen molar-refractivity contribution >= 4 is 5.91 Å². The Balaban J connectivity index is 4.07. The van der Waals surface area contributed by atoms with Crippen LogP contribution in [0.15, 0.2) is 0 Å². The van der Waals surface area contributed by atoms with Gasteiger partial charge in [0.1, 0.15) is 6.61 Å². The maximum Gasteiger partial charge on any atom is 0.246 e. The fraction of sp³-hybridized carbons (Fsp3) is 0.933. The van der Waals surface area contributed by atoms with Crippen molar-refractivity contribution in [3.8, 4) is 0 Å². The summed E-state index contributed by atoms with van der Waals surface area (Å²) in [5.41, 5.74) is 0.440. The van der Waals surface area contributed by atoms with Crippen molar-refractivity contribution in [3.63, 3.8) is 0 Å². The van der Waals surface area contributed by atoms with Gasteiger partial charge in [0.25, 0.3) is 0 Å². The molecule has 0 spiro atoms. The lowest BCUT2D eigenvalue weighted by atomic mass is 9.73. The van der Waals surface area contributed by atoms with Crippen molar-refractivity contribution in [2.45, 2.75) is 67.4 Å². The number of hydrogen-bond donors (Lipinski definition) is 1. The van der Waals surface area contributed by atoms with Crippen LogP contribution in [-0.4, -0.2) is 25.2 Å². The summed E-state index contributed by atoms with van der Waals surface area (Å²) < 4.78 is 5.28. The Morgan fingerprint density at radius 1 is 1.17 bits per heavy atom. The lowest BCUT2D eigenvalue weighted by Gasteiger charge is -2.34. The normalized spacial score (nSPS) is 12.9. The van der Waals surface area contributed by atoms with E-state index in [9.17, 15) is 4.79 Å². The van der Waals surface area contributed by atoms with Gasteiger partial charge in [-0.15, -0.1) is 0 Å². The van der Waals surface area contributed by atoms with E-state index >= 15 is 0 Å². The molecule has 0 aliphatic heterocycles. The molecule has 0 saturated carbocycles. The molecule has 0 unspecified atom stereocenters. The second-order valence-electron chi connectivity index (χ2n) is 7.00. The molecule has 0 radical (unpaired) electrons. The SMILES string of the molecule is CCC(C)(C)CC(C)(C)CNC(=O)COC(C)C. The van der Waals surface area contributed by atoms with Gasteiger partial charge >= 0.3 is 0 Å². The van der Waals surface area contributed by atoms with E-state index in [1.54, 1.807) is 0 Å². The topological polar surface area (TPSA) is 38.3 Å². The van der Waals surface area contributed by atoms with E-state index in [0.717, 1.165) is 12.8 Å². The Morgan fingerprint density at radius 3 is 2.17 bits per heavy atom. The lowest BCUT2D eigenvalue weighted by Crippen LogP contribution is -2.38. The molecule has 1 N–H and O–H groups in total. The Labute approximate surface area is 113 Å². The van der Waals surface area contributed by atoms with Crippen molar-refractivity contribution < 1.29 is 9.53 Å². The molecule has 0 aliphatic rings. The third kappa shape index (κ3) is 8.51. The minimum atomic E-state index is -0.0221. The molecule has 0 aromatic heterocycles. The van der Waals surface area contributed by atoms with Gasteiger partial charge in [-0.2, -0.15) is 0 Å². The smallest absolute Gasteiger partial charge is 0.246 e. The fourth-order valence-electron chi connectivity index (χ4n) is 2.11. The van der Waals surface area contributed by atoms with Gasteiger partial charge < -0.3 is 10.1 Å². The number of rotatable bonds is 8. The molecule has 0 rings (SSSR count). The van der Waals surface area contributed by atoms with Crippen molar-refractivity contribution in [1.82, 2.24) is 5.32 Å². The van der Waals surface area contributed by atoms with Gasteiger partial charge in [-0.25, -0.2) is 0 Å². The van der Waals surface area contributed by atoms with E-state index < -0.39 is 0 Å². The standard InChI is InChI=1S/C15H31NO2/c1-8-14(4,5)10-15(6,7)11-16-13(17)9-18-12(2)3/h12H,8-11H2,1-7H3,(H,16,17). The van der Waals surface area contributed by atoms with Crippen LogP contribution in [0.5, 0.6) is 0 Å². The van der Waals surface area contributed by atoms with Crippen molar-refractivity contribution in [2.24, 2.45) is 10.8 Å². The van der Waals surface area contributed by atoms with Crippen LogP contribution >= 0.6 is 0 Å². The Morgan fingerprint density at radius 2 is 1.72 bits per heavy atom. The average molecular weight is 257 g/mol. The summed E-state index contributed by atoms with van der Waals surface area (Å²) in [5.74, 6) is -0.0221. The van der Waals surface area contributed by atoms with E-state index in [1.807, 2.05) is 13.8 Å². The van der Waals surface area contributed by atoms with Crippen LogP contribution in [-0.2, 0) is 9.53 Å². The van der Waals surface area contributed by atoms with Crippen LogP contribution in [0, 0.1) is 10.8 Å². The molecule has 0 aromatic rings. The first-order valence-corrected chi connectivity index (χ1v) is 6.96. The molecule has 18 heavy (non-hydrogen) atoms. The Hall–Kier alpha value is -0.570. The van der Waals surface area contributed by atoms with Gasteiger partial charge in [-0.3, -0.25) is 4.79 Å². The number of carbonyl (C=O) groups excluding carboxylic acids is 1. The summed E-state index contributed by atoms with van der Waals surface area (Å²) in [5, 5.41) is 2.96. The lowest BCUT2D eigenvalue weighted by molar-refractivity contribution is -0.127. The predicted octanol–water partition coefficient (Wildman–Crippen LogP) is 3.38.